The second kappa shape index (κ2) is 4.43. The van der Waals surface area contributed by atoms with Crippen LogP contribution >= 0.6 is 0 Å². The molecule has 1 heterocycles. The Balaban J connectivity index is 1.83. The summed E-state index contributed by atoms with van der Waals surface area (Å²) >= 11 is 0. The molecule has 0 bridgehead atoms. The summed E-state index contributed by atoms with van der Waals surface area (Å²) in [6, 6.07) is 0. The van der Waals surface area contributed by atoms with E-state index in [1.54, 1.807) is 0 Å². The number of hydrogen-bond donors (Lipinski definition) is 1. The van der Waals surface area contributed by atoms with E-state index in [0.717, 1.165) is 25.1 Å². The third-order valence-electron chi connectivity index (χ3n) is 4.71. The highest BCUT2D eigenvalue weighted by Gasteiger charge is 2.57. The predicted molar refractivity (Wildman–Crippen MR) is 69.0 cm³/mol. The van der Waals surface area contributed by atoms with Gasteiger partial charge < -0.3 is 4.98 Å². The number of nitro groups is 1. The molecule has 6 nitrogen and oxygen atoms in total. The van der Waals surface area contributed by atoms with Crippen LogP contribution in [0.2, 0.25) is 0 Å². The standard InChI is InChI=1S/C13H18N4O2/c1-2-9-3-10-5-13(7-17(18)19,11(10)4-9)6-12-14-8-15-16-12/h4,8,10-11H,2-3,5-7H2,1H3,(H,14,15,16)/t10-,11-,13-/m1/s1. The van der Waals surface area contributed by atoms with Crippen LogP contribution in [0.25, 0.3) is 0 Å². The quantitative estimate of drug-likeness (QED) is 0.499. The van der Waals surface area contributed by atoms with Crippen molar-refractivity contribution in [1.82, 2.24) is 15.2 Å². The molecular formula is C13H18N4O2. The number of nitrogens with one attached hydrogen (secondary N) is 1. The summed E-state index contributed by atoms with van der Waals surface area (Å²) in [4.78, 5) is 13.8. The number of allylic oxidation sites excluding steroid dienone is 2. The second-order valence-corrected chi connectivity index (χ2v) is 5.84. The number of H-pyrrole nitrogens is 1. The molecular weight excluding hydrogens is 244 g/mol. The van der Waals surface area contributed by atoms with Crippen molar-refractivity contribution in [2.45, 2.75) is 32.6 Å². The zero-order chi connectivity index (χ0) is 13.5. The van der Waals surface area contributed by atoms with Gasteiger partial charge in [-0.3, -0.25) is 10.1 Å². The first kappa shape index (κ1) is 12.3. The van der Waals surface area contributed by atoms with Gasteiger partial charge in [0, 0.05) is 16.8 Å². The molecule has 6 heteroatoms. The van der Waals surface area contributed by atoms with Crippen LogP contribution < -0.4 is 0 Å². The summed E-state index contributed by atoms with van der Waals surface area (Å²) in [5.41, 5.74) is 1.20. The zero-order valence-electron chi connectivity index (χ0n) is 11.0. The van der Waals surface area contributed by atoms with E-state index >= 15 is 0 Å². The van der Waals surface area contributed by atoms with Gasteiger partial charge in [0.1, 0.15) is 12.2 Å². The number of fused-ring (bicyclic) bond motifs is 1. The maximum absolute atomic E-state index is 11.0. The molecule has 102 valence electrons. The molecule has 1 aromatic heterocycles. The third kappa shape index (κ3) is 2.05. The molecule has 2 aliphatic rings. The second-order valence-electron chi connectivity index (χ2n) is 5.84. The van der Waals surface area contributed by atoms with Crippen molar-refractivity contribution in [3.8, 4) is 0 Å². The molecule has 2 aliphatic carbocycles. The van der Waals surface area contributed by atoms with Crippen LogP contribution in [0.15, 0.2) is 18.0 Å². The Morgan fingerprint density at radius 1 is 1.63 bits per heavy atom. The Kier molecular flexibility index (Phi) is 2.88. The van der Waals surface area contributed by atoms with Crippen LogP contribution in [-0.4, -0.2) is 26.6 Å². The van der Waals surface area contributed by atoms with Crippen molar-refractivity contribution in [2.24, 2.45) is 17.3 Å². The van der Waals surface area contributed by atoms with Crippen molar-refractivity contribution in [3.05, 3.63) is 33.9 Å². The van der Waals surface area contributed by atoms with Crippen LogP contribution in [0.4, 0.5) is 0 Å². The van der Waals surface area contributed by atoms with Crippen molar-refractivity contribution in [2.75, 3.05) is 6.54 Å². The summed E-state index contributed by atoms with van der Waals surface area (Å²) in [5.74, 6) is 1.72. The fourth-order valence-corrected chi connectivity index (χ4v) is 3.88. The summed E-state index contributed by atoms with van der Waals surface area (Å²) in [6.07, 6.45) is 7.56. The summed E-state index contributed by atoms with van der Waals surface area (Å²) < 4.78 is 0. The molecule has 0 spiro atoms. The number of aromatic nitrogens is 3. The fraction of sp³-hybridized carbons (Fsp3) is 0.692. The Morgan fingerprint density at radius 3 is 3.11 bits per heavy atom. The highest BCUT2D eigenvalue weighted by Crippen LogP contribution is 2.59. The van der Waals surface area contributed by atoms with E-state index in [2.05, 4.69) is 28.2 Å². The first-order valence-corrected chi connectivity index (χ1v) is 6.79. The third-order valence-corrected chi connectivity index (χ3v) is 4.71. The van der Waals surface area contributed by atoms with Gasteiger partial charge in [0.25, 0.3) is 0 Å². The van der Waals surface area contributed by atoms with Crippen LogP contribution in [0, 0.1) is 27.4 Å². The van der Waals surface area contributed by atoms with E-state index in [1.807, 2.05) is 0 Å². The van der Waals surface area contributed by atoms with Crippen molar-refractivity contribution >= 4 is 0 Å². The largest absolute Gasteiger partial charge is 0.332 e. The number of hydrogen-bond acceptors (Lipinski definition) is 4. The lowest BCUT2D eigenvalue weighted by Gasteiger charge is -2.49. The molecule has 0 radical (unpaired) electrons. The molecule has 0 amide bonds. The van der Waals surface area contributed by atoms with E-state index in [-0.39, 0.29) is 16.9 Å². The van der Waals surface area contributed by atoms with Gasteiger partial charge in [-0.2, -0.15) is 0 Å². The molecule has 19 heavy (non-hydrogen) atoms. The predicted octanol–water partition coefficient (Wildman–Crippen LogP) is 1.99. The summed E-state index contributed by atoms with van der Waals surface area (Å²) in [7, 11) is 0. The van der Waals surface area contributed by atoms with Gasteiger partial charge in [-0.15, -0.1) is 10.2 Å². The maximum Gasteiger partial charge on any atom is 0.210 e. The van der Waals surface area contributed by atoms with E-state index in [9.17, 15) is 10.1 Å². The Bertz CT molecular complexity index is 511. The van der Waals surface area contributed by atoms with Gasteiger partial charge in [0.2, 0.25) is 6.54 Å². The van der Waals surface area contributed by atoms with Crippen LogP contribution in [0.5, 0.6) is 0 Å². The molecule has 1 fully saturated rings. The lowest BCUT2D eigenvalue weighted by molar-refractivity contribution is -0.506. The molecule has 1 saturated carbocycles. The normalized spacial score (nSPS) is 32.6. The lowest BCUT2D eigenvalue weighted by Crippen LogP contribution is -2.51. The molecule has 0 unspecified atom stereocenters. The van der Waals surface area contributed by atoms with Crippen molar-refractivity contribution in [3.63, 3.8) is 0 Å². The van der Waals surface area contributed by atoms with Crippen molar-refractivity contribution < 1.29 is 4.92 Å². The number of nitrogens with zero attached hydrogens (tertiary/aromatic N) is 3. The van der Waals surface area contributed by atoms with Crippen LogP contribution in [0.3, 0.4) is 0 Å². The minimum absolute atomic E-state index is 0.0301. The smallest absolute Gasteiger partial charge is 0.210 e. The first-order valence-electron chi connectivity index (χ1n) is 6.79. The van der Waals surface area contributed by atoms with Gasteiger partial charge in [0.05, 0.1) is 0 Å². The van der Waals surface area contributed by atoms with E-state index in [4.69, 9.17) is 0 Å². The molecule has 0 saturated heterocycles. The molecule has 0 aromatic carbocycles. The van der Waals surface area contributed by atoms with Gasteiger partial charge >= 0.3 is 0 Å². The Morgan fingerprint density at radius 2 is 2.47 bits per heavy atom. The van der Waals surface area contributed by atoms with Crippen molar-refractivity contribution in [1.29, 1.82) is 0 Å². The average molecular weight is 262 g/mol. The minimum Gasteiger partial charge on any atom is -0.332 e. The lowest BCUT2D eigenvalue weighted by atomic mass is 9.53. The van der Waals surface area contributed by atoms with Gasteiger partial charge in [-0.1, -0.05) is 18.6 Å². The monoisotopic (exact) mass is 262 g/mol. The Hall–Kier alpha value is -1.72. The van der Waals surface area contributed by atoms with Gasteiger partial charge in [-0.25, -0.2) is 0 Å². The number of rotatable bonds is 5. The minimum atomic E-state index is -0.259. The first-order chi connectivity index (χ1) is 9.13. The van der Waals surface area contributed by atoms with E-state index < -0.39 is 0 Å². The molecule has 3 rings (SSSR count). The van der Waals surface area contributed by atoms with Crippen LogP contribution in [-0.2, 0) is 6.42 Å². The zero-order valence-corrected chi connectivity index (χ0v) is 11.0. The highest BCUT2D eigenvalue weighted by atomic mass is 16.6. The SMILES string of the molecule is CCC1=C[C@@H]2[C@H](C1)C[C@@]2(Cc1nnc[nH]1)C[N+](=O)[O-]. The van der Waals surface area contributed by atoms with Gasteiger partial charge in [0.15, 0.2) is 0 Å². The fourth-order valence-electron chi connectivity index (χ4n) is 3.88. The summed E-state index contributed by atoms with van der Waals surface area (Å²) in [6.45, 7) is 2.19. The topological polar surface area (TPSA) is 84.7 Å². The van der Waals surface area contributed by atoms with Crippen LogP contribution in [0.1, 0.15) is 32.0 Å². The molecule has 0 aliphatic heterocycles. The van der Waals surface area contributed by atoms with Gasteiger partial charge in [-0.05, 0) is 31.1 Å². The molecule has 1 aromatic rings. The summed E-state index contributed by atoms with van der Waals surface area (Å²) in [5, 5.41) is 18.8. The number of aromatic amines is 1. The maximum atomic E-state index is 11.0. The molecule has 3 atom stereocenters. The Labute approximate surface area is 111 Å². The highest BCUT2D eigenvalue weighted by molar-refractivity contribution is 5.24. The van der Waals surface area contributed by atoms with E-state index in [1.165, 1.54) is 11.9 Å². The molecule has 1 N–H and O–H groups in total. The van der Waals surface area contributed by atoms with E-state index in [0.29, 0.717) is 18.3 Å². The average Bonchev–Trinajstić information content (AvgIpc) is 2.95.